The van der Waals surface area contributed by atoms with Gasteiger partial charge in [0.2, 0.25) is 0 Å². The van der Waals surface area contributed by atoms with Gasteiger partial charge < -0.3 is 20.4 Å². The first kappa shape index (κ1) is 22.6. The second kappa shape index (κ2) is 10.0. The van der Waals surface area contributed by atoms with Crippen molar-refractivity contribution in [1.29, 1.82) is 0 Å². The molecule has 0 aromatic carbocycles. The molecule has 0 atom stereocenters. The Kier molecular flexibility index (Phi) is 8.09. The topological polar surface area (TPSA) is 175 Å². The number of hydrogen-bond acceptors (Lipinski definition) is 9. The average Bonchev–Trinajstić information content (AvgIpc) is 2.57. The van der Waals surface area contributed by atoms with Crippen molar-refractivity contribution in [2.45, 2.75) is 0 Å². The number of hydrogen-bond donors (Lipinski definition) is 4. The van der Waals surface area contributed by atoms with Crippen molar-refractivity contribution >= 4 is 35.5 Å². The lowest BCUT2D eigenvalue weighted by molar-refractivity contribution is -0.143. The summed E-state index contributed by atoms with van der Waals surface area (Å²) >= 11 is 0. The van der Waals surface area contributed by atoms with E-state index in [4.69, 9.17) is 20.4 Å². The summed E-state index contributed by atoms with van der Waals surface area (Å²) in [5.74, 6) is -4.60. The van der Waals surface area contributed by atoms with Gasteiger partial charge in [0, 0.05) is 14.1 Å². The molecule has 0 saturated carbocycles. The van der Waals surface area contributed by atoms with Gasteiger partial charge in [0.05, 0.1) is 0 Å². The highest BCUT2D eigenvalue weighted by Gasteiger charge is 2.22. The average molecular weight is 399 g/mol. The summed E-state index contributed by atoms with van der Waals surface area (Å²) in [6.07, 6.45) is 0. The number of anilines is 2. The Morgan fingerprint density at radius 1 is 0.714 bits per heavy atom. The second-order valence-corrected chi connectivity index (χ2v) is 5.62. The summed E-state index contributed by atoms with van der Waals surface area (Å²) in [5.41, 5.74) is 0. The predicted molar refractivity (Wildman–Crippen MR) is 94.7 cm³/mol. The fourth-order valence-corrected chi connectivity index (χ4v) is 2.22. The third kappa shape index (κ3) is 7.05. The second-order valence-electron chi connectivity index (χ2n) is 5.62. The first-order chi connectivity index (χ1) is 13.0. The molecule has 28 heavy (non-hydrogen) atoms. The van der Waals surface area contributed by atoms with Crippen molar-refractivity contribution in [2.24, 2.45) is 0 Å². The van der Waals surface area contributed by atoms with Gasteiger partial charge in [-0.25, -0.2) is 4.98 Å². The van der Waals surface area contributed by atoms with Gasteiger partial charge in [0.25, 0.3) is 0 Å². The maximum atomic E-state index is 11.0. The van der Waals surface area contributed by atoms with Crippen molar-refractivity contribution in [2.75, 3.05) is 50.3 Å². The van der Waals surface area contributed by atoms with Crippen LogP contribution in [0.15, 0.2) is 18.2 Å². The first-order valence-electron chi connectivity index (χ1n) is 7.82. The van der Waals surface area contributed by atoms with Crippen LogP contribution in [-0.4, -0.2) is 99.6 Å². The summed E-state index contributed by atoms with van der Waals surface area (Å²) in [7, 11) is 2.84. The number of carboxylic acids is 4. The molecule has 1 rings (SSSR count). The summed E-state index contributed by atoms with van der Waals surface area (Å²) in [6.45, 7) is -2.35. The molecule has 0 amide bonds. The molecule has 13 nitrogen and oxygen atoms in total. The Hall–Kier alpha value is -3.45. The SMILES string of the molecule is CN(c1cccc(N(C)N(CC(=O)O)CC(=O)O)n1)N(CC(=O)O)CC(=O)O. The van der Waals surface area contributed by atoms with Crippen molar-refractivity contribution < 1.29 is 39.6 Å². The lowest BCUT2D eigenvalue weighted by Crippen LogP contribution is -2.47. The van der Waals surface area contributed by atoms with Crippen LogP contribution in [0.2, 0.25) is 0 Å². The number of rotatable bonds is 12. The van der Waals surface area contributed by atoms with Crippen LogP contribution in [0.3, 0.4) is 0 Å². The zero-order valence-corrected chi connectivity index (χ0v) is 15.2. The number of carboxylic acid groups (broad SMARTS) is 4. The van der Waals surface area contributed by atoms with Crippen molar-refractivity contribution in [3.8, 4) is 0 Å². The van der Waals surface area contributed by atoms with Crippen molar-refractivity contribution in [1.82, 2.24) is 15.0 Å². The van der Waals surface area contributed by atoms with Crippen LogP contribution in [-0.2, 0) is 19.2 Å². The molecule has 1 aromatic rings. The fraction of sp³-hybridized carbons (Fsp3) is 0.400. The van der Waals surface area contributed by atoms with E-state index in [1.54, 1.807) is 0 Å². The van der Waals surface area contributed by atoms with Gasteiger partial charge in [-0.15, -0.1) is 0 Å². The minimum atomic E-state index is -1.24. The van der Waals surface area contributed by atoms with Crippen LogP contribution in [0, 0.1) is 0 Å². The smallest absolute Gasteiger partial charge is 0.319 e. The summed E-state index contributed by atoms with van der Waals surface area (Å²) in [4.78, 5) is 48.2. The standard InChI is InChI=1S/C15H21N5O8/c1-17(19(6-12(21)22)7-13(23)24)10-4-3-5-11(16-10)18(2)20(8-14(25)26)9-15(27)28/h3-5H,6-9H2,1-2H3,(H,21,22)(H,23,24)(H,25,26)(H,27,28). The first-order valence-corrected chi connectivity index (χ1v) is 7.82. The van der Waals surface area contributed by atoms with E-state index < -0.39 is 50.1 Å². The van der Waals surface area contributed by atoms with Crippen molar-refractivity contribution in [3.05, 3.63) is 18.2 Å². The number of aliphatic carboxylic acids is 4. The molecule has 154 valence electrons. The van der Waals surface area contributed by atoms with Gasteiger partial charge in [0.1, 0.15) is 37.8 Å². The highest BCUT2D eigenvalue weighted by Crippen LogP contribution is 2.18. The molecule has 0 saturated heterocycles. The summed E-state index contributed by atoms with van der Waals surface area (Å²) in [6, 6.07) is 4.52. The quantitative estimate of drug-likeness (QED) is 0.306. The lowest BCUT2D eigenvalue weighted by Gasteiger charge is -2.33. The van der Waals surface area contributed by atoms with Gasteiger partial charge in [-0.3, -0.25) is 29.2 Å². The minimum Gasteiger partial charge on any atom is -0.480 e. The molecule has 0 bridgehead atoms. The molecule has 0 radical (unpaired) electrons. The molecular formula is C15H21N5O8. The fourth-order valence-electron chi connectivity index (χ4n) is 2.22. The number of aromatic nitrogens is 1. The number of nitrogens with zero attached hydrogens (tertiary/aromatic N) is 5. The number of pyridine rings is 1. The highest BCUT2D eigenvalue weighted by atomic mass is 16.4. The monoisotopic (exact) mass is 399 g/mol. The molecule has 1 aromatic heterocycles. The van der Waals surface area contributed by atoms with Crippen molar-refractivity contribution in [3.63, 3.8) is 0 Å². The van der Waals surface area contributed by atoms with Crippen LogP contribution in [0.5, 0.6) is 0 Å². The van der Waals surface area contributed by atoms with Gasteiger partial charge in [-0.05, 0) is 12.1 Å². The third-order valence-corrected chi connectivity index (χ3v) is 3.50. The van der Waals surface area contributed by atoms with E-state index in [1.165, 1.54) is 42.3 Å². The zero-order chi connectivity index (χ0) is 21.4. The molecule has 0 aliphatic carbocycles. The maximum absolute atomic E-state index is 11.0. The van der Waals surface area contributed by atoms with Crippen LogP contribution < -0.4 is 10.0 Å². The Balaban J connectivity index is 3.13. The van der Waals surface area contributed by atoms with E-state index in [0.29, 0.717) is 0 Å². The number of carbonyl (C=O) groups is 4. The molecule has 0 spiro atoms. The molecule has 0 fully saturated rings. The highest BCUT2D eigenvalue weighted by molar-refractivity contribution is 5.74. The molecule has 0 aliphatic rings. The van der Waals surface area contributed by atoms with E-state index in [9.17, 15) is 19.2 Å². The van der Waals surface area contributed by atoms with E-state index in [2.05, 4.69) is 4.98 Å². The zero-order valence-electron chi connectivity index (χ0n) is 15.2. The van der Waals surface area contributed by atoms with E-state index in [0.717, 1.165) is 10.0 Å². The van der Waals surface area contributed by atoms with E-state index in [-0.39, 0.29) is 11.6 Å². The normalized spacial score (nSPS) is 10.7. The molecular weight excluding hydrogens is 378 g/mol. The molecule has 1 heterocycles. The Morgan fingerprint density at radius 2 is 1.00 bits per heavy atom. The van der Waals surface area contributed by atoms with Gasteiger partial charge in [0.15, 0.2) is 0 Å². The molecule has 4 N–H and O–H groups in total. The van der Waals surface area contributed by atoms with E-state index in [1.807, 2.05) is 0 Å². The third-order valence-electron chi connectivity index (χ3n) is 3.50. The summed E-state index contributed by atoms with van der Waals surface area (Å²) < 4.78 is 0. The molecule has 13 heteroatoms. The molecule has 0 unspecified atom stereocenters. The Bertz CT molecular complexity index is 654. The van der Waals surface area contributed by atoms with Gasteiger partial charge >= 0.3 is 23.9 Å². The summed E-state index contributed by atoms with van der Waals surface area (Å²) in [5, 5.41) is 40.4. The van der Waals surface area contributed by atoms with Crippen LogP contribution in [0.4, 0.5) is 11.6 Å². The molecule has 0 aliphatic heterocycles. The van der Waals surface area contributed by atoms with Crippen LogP contribution in [0.1, 0.15) is 0 Å². The van der Waals surface area contributed by atoms with Crippen LogP contribution >= 0.6 is 0 Å². The van der Waals surface area contributed by atoms with Gasteiger partial charge in [-0.2, -0.15) is 10.0 Å². The van der Waals surface area contributed by atoms with Gasteiger partial charge in [-0.1, -0.05) is 6.07 Å². The number of hydrazine groups is 2. The minimum absolute atomic E-state index is 0.178. The largest absolute Gasteiger partial charge is 0.480 e. The lowest BCUT2D eigenvalue weighted by atomic mass is 10.4. The predicted octanol–water partition coefficient (Wildman–Crippen LogP) is -1.27. The van der Waals surface area contributed by atoms with E-state index >= 15 is 0 Å². The van der Waals surface area contributed by atoms with Crippen LogP contribution in [0.25, 0.3) is 0 Å². The Morgan fingerprint density at radius 3 is 1.25 bits per heavy atom. The Labute approximate surface area is 159 Å². The maximum Gasteiger partial charge on any atom is 0.319 e.